The zero-order valence-corrected chi connectivity index (χ0v) is 16.7. The minimum atomic E-state index is -0.716. The van der Waals surface area contributed by atoms with Gasteiger partial charge >= 0.3 is 0 Å². The first kappa shape index (κ1) is 21.8. The number of hydrogen-bond acceptors (Lipinski definition) is 5. The number of amides is 2. The van der Waals surface area contributed by atoms with E-state index in [1.165, 1.54) is 0 Å². The molecule has 2 aromatic rings. The number of methoxy groups -OCH3 is 1. The predicted octanol–water partition coefficient (Wildman–Crippen LogP) is 3.19. The highest BCUT2D eigenvalue weighted by Gasteiger charge is 2.22. The summed E-state index contributed by atoms with van der Waals surface area (Å²) < 4.78 is 16.3. The van der Waals surface area contributed by atoms with Crippen molar-refractivity contribution in [3.8, 4) is 11.5 Å². The van der Waals surface area contributed by atoms with Gasteiger partial charge in [-0.1, -0.05) is 12.2 Å². The molecule has 0 saturated heterocycles. The van der Waals surface area contributed by atoms with Crippen LogP contribution >= 0.6 is 0 Å². The molecule has 7 heteroatoms. The van der Waals surface area contributed by atoms with E-state index < -0.39 is 11.9 Å². The first-order chi connectivity index (χ1) is 14.0. The van der Waals surface area contributed by atoms with Gasteiger partial charge in [0, 0.05) is 13.1 Å². The van der Waals surface area contributed by atoms with Crippen LogP contribution in [0.2, 0.25) is 0 Å². The van der Waals surface area contributed by atoms with Crippen LogP contribution in [0.4, 0.5) is 0 Å². The topological polar surface area (TPSA) is 81.0 Å². The molecule has 2 rings (SSSR count). The summed E-state index contributed by atoms with van der Waals surface area (Å²) >= 11 is 0. The molecule has 29 heavy (non-hydrogen) atoms. The van der Waals surface area contributed by atoms with Gasteiger partial charge in [-0.05, 0) is 43.3 Å². The van der Waals surface area contributed by atoms with Crippen LogP contribution in [0, 0.1) is 0 Å². The van der Waals surface area contributed by atoms with Crippen molar-refractivity contribution < 1.29 is 23.5 Å². The molecule has 0 radical (unpaired) electrons. The second kappa shape index (κ2) is 10.8. The maximum Gasteiger partial charge on any atom is 0.287 e. The molecule has 7 nitrogen and oxygen atoms in total. The van der Waals surface area contributed by atoms with Crippen LogP contribution in [-0.2, 0) is 11.4 Å². The number of ether oxygens (including phenoxy) is 2. The average molecular weight is 398 g/mol. The molecule has 0 aliphatic carbocycles. The fourth-order valence-corrected chi connectivity index (χ4v) is 2.57. The normalized spacial score (nSPS) is 11.2. The van der Waals surface area contributed by atoms with Crippen molar-refractivity contribution in [3.63, 3.8) is 0 Å². The molecule has 0 bridgehead atoms. The van der Waals surface area contributed by atoms with Crippen LogP contribution in [-0.4, -0.2) is 43.0 Å². The van der Waals surface area contributed by atoms with E-state index in [1.54, 1.807) is 67.5 Å². The lowest BCUT2D eigenvalue weighted by molar-refractivity contribution is -0.131. The lowest BCUT2D eigenvalue weighted by atomic mass is 10.2. The Morgan fingerprint density at radius 1 is 1.10 bits per heavy atom. The number of benzene rings is 1. The van der Waals surface area contributed by atoms with Gasteiger partial charge in [-0.2, -0.15) is 0 Å². The van der Waals surface area contributed by atoms with Crippen LogP contribution in [0.5, 0.6) is 11.5 Å². The minimum absolute atomic E-state index is 0.108. The van der Waals surface area contributed by atoms with Crippen molar-refractivity contribution in [2.24, 2.45) is 0 Å². The summed E-state index contributed by atoms with van der Waals surface area (Å²) in [7, 11) is 1.59. The molecule has 1 atom stereocenters. The van der Waals surface area contributed by atoms with Gasteiger partial charge in [0.25, 0.3) is 5.91 Å². The van der Waals surface area contributed by atoms with Gasteiger partial charge in [-0.25, -0.2) is 0 Å². The summed E-state index contributed by atoms with van der Waals surface area (Å²) in [6.45, 7) is 9.81. The van der Waals surface area contributed by atoms with Crippen LogP contribution in [0.1, 0.15) is 23.2 Å². The molecule has 1 unspecified atom stereocenters. The number of hydrogen-bond donors (Lipinski definition) is 1. The number of furan rings is 1. The quantitative estimate of drug-likeness (QED) is 0.588. The zero-order chi connectivity index (χ0) is 21.2. The van der Waals surface area contributed by atoms with Crippen LogP contribution < -0.4 is 14.8 Å². The Labute approximate surface area is 170 Å². The highest BCUT2D eigenvalue weighted by Crippen LogP contribution is 2.19. The Bertz CT molecular complexity index is 831. The van der Waals surface area contributed by atoms with Crippen LogP contribution in [0.15, 0.2) is 66.1 Å². The number of rotatable bonds is 11. The van der Waals surface area contributed by atoms with Gasteiger partial charge < -0.3 is 24.1 Å². The SMILES string of the molecule is C=CCN(CC=C)C(=O)C(C)NC(=O)c1ccc(COc2ccc(OC)cc2)o1. The summed E-state index contributed by atoms with van der Waals surface area (Å²) in [4.78, 5) is 26.4. The van der Waals surface area contributed by atoms with Crippen molar-refractivity contribution in [3.05, 3.63) is 73.2 Å². The number of nitrogens with one attached hydrogen (secondary N) is 1. The second-order valence-corrected chi connectivity index (χ2v) is 6.25. The summed E-state index contributed by atoms with van der Waals surface area (Å²) in [6.07, 6.45) is 3.25. The third-order valence-corrected chi connectivity index (χ3v) is 4.05. The maximum atomic E-state index is 12.5. The highest BCUT2D eigenvalue weighted by atomic mass is 16.5. The van der Waals surface area contributed by atoms with Crippen molar-refractivity contribution >= 4 is 11.8 Å². The van der Waals surface area contributed by atoms with Gasteiger partial charge in [0.1, 0.15) is 29.9 Å². The summed E-state index contributed by atoms with van der Waals surface area (Å²) in [5.41, 5.74) is 0. The van der Waals surface area contributed by atoms with E-state index in [2.05, 4.69) is 18.5 Å². The smallest absolute Gasteiger partial charge is 0.287 e. The standard InChI is InChI=1S/C22H26N2O5/c1-5-13-24(14-6-2)22(26)16(3)23-21(25)20-12-11-19(29-20)15-28-18-9-7-17(27-4)8-10-18/h5-12,16H,1-2,13-15H2,3-4H3,(H,23,25). The van der Waals surface area contributed by atoms with Gasteiger partial charge in [-0.15, -0.1) is 13.2 Å². The molecule has 2 amide bonds. The van der Waals surface area contributed by atoms with E-state index in [4.69, 9.17) is 13.9 Å². The molecule has 0 fully saturated rings. The molecular formula is C22H26N2O5. The van der Waals surface area contributed by atoms with E-state index in [0.29, 0.717) is 24.6 Å². The summed E-state index contributed by atoms with van der Waals surface area (Å²) in [6, 6.07) is 9.62. The number of carbonyl (C=O) groups excluding carboxylic acids is 2. The largest absolute Gasteiger partial charge is 0.497 e. The molecular weight excluding hydrogens is 372 g/mol. The summed E-state index contributed by atoms with van der Waals surface area (Å²) in [5.74, 6) is 1.28. The molecule has 0 aliphatic rings. The molecule has 1 aromatic carbocycles. The molecule has 1 N–H and O–H groups in total. The maximum absolute atomic E-state index is 12.5. The second-order valence-electron chi connectivity index (χ2n) is 6.25. The Morgan fingerprint density at radius 3 is 2.31 bits per heavy atom. The highest BCUT2D eigenvalue weighted by molar-refractivity contribution is 5.95. The monoisotopic (exact) mass is 398 g/mol. The van der Waals surface area contributed by atoms with Crippen molar-refractivity contribution in [1.82, 2.24) is 10.2 Å². The Hall–Kier alpha value is -3.48. The lowest BCUT2D eigenvalue weighted by Crippen LogP contribution is -2.47. The third-order valence-electron chi connectivity index (χ3n) is 4.05. The molecule has 0 saturated carbocycles. The van der Waals surface area contributed by atoms with Crippen LogP contribution in [0.3, 0.4) is 0 Å². The van der Waals surface area contributed by atoms with Gasteiger partial charge in [0.2, 0.25) is 5.91 Å². The fraction of sp³-hybridized carbons (Fsp3) is 0.273. The van der Waals surface area contributed by atoms with Crippen molar-refractivity contribution in [1.29, 1.82) is 0 Å². The Morgan fingerprint density at radius 2 is 1.72 bits per heavy atom. The average Bonchev–Trinajstić information content (AvgIpc) is 3.21. The van der Waals surface area contributed by atoms with Crippen molar-refractivity contribution in [2.45, 2.75) is 19.6 Å². The zero-order valence-electron chi connectivity index (χ0n) is 16.7. The Kier molecular flexibility index (Phi) is 8.09. The first-order valence-corrected chi connectivity index (χ1v) is 9.15. The van der Waals surface area contributed by atoms with Gasteiger partial charge in [-0.3, -0.25) is 9.59 Å². The van der Waals surface area contributed by atoms with E-state index in [0.717, 1.165) is 5.75 Å². The molecule has 0 spiro atoms. The van der Waals surface area contributed by atoms with Crippen molar-refractivity contribution in [2.75, 3.05) is 20.2 Å². The molecule has 154 valence electrons. The van der Waals surface area contributed by atoms with E-state index in [9.17, 15) is 9.59 Å². The lowest BCUT2D eigenvalue weighted by Gasteiger charge is -2.23. The first-order valence-electron chi connectivity index (χ1n) is 9.15. The summed E-state index contributed by atoms with van der Waals surface area (Å²) in [5, 5.41) is 2.65. The van der Waals surface area contributed by atoms with Crippen LogP contribution in [0.25, 0.3) is 0 Å². The molecule has 1 heterocycles. The van der Waals surface area contributed by atoms with Gasteiger partial charge in [0.05, 0.1) is 7.11 Å². The molecule has 1 aromatic heterocycles. The van der Waals surface area contributed by atoms with E-state index in [-0.39, 0.29) is 18.3 Å². The van der Waals surface area contributed by atoms with Gasteiger partial charge in [0.15, 0.2) is 5.76 Å². The Balaban J connectivity index is 1.91. The van der Waals surface area contributed by atoms with E-state index in [1.807, 2.05) is 0 Å². The minimum Gasteiger partial charge on any atom is -0.497 e. The molecule has 0 aliphatic heterocycles. The number of nitrogens with zero attached hydrogens (tertiary/aromatic N) is 1. The third kappa shape index (κ3) is 6.27. The fourth-order valence-electron chi connectivity index (χ4n) is 2.57. The van der Waals surface area contributed by atoms with E-state index >= 15 is 0 Å². The number of carbonyl (C=O) groups is 2. The predicted molar refractivity (Wildman–Crippen MR) is 110 cm³/mol.